The van der Waals surface area contributed by atoms with Gasteiger partial charge in [-0.3, -0.25) is 9.69 Å². The number of imidazole rings is 1. The monoisotopic (exact) mass is 223 g/mol. The Labute approximate surface area is 94.7 Å². The van der Waals surface area contributed by atoms with Crippen molar-refractivity contribution in [2.75, 3.05) is 13.1 Å². The first-order chi connectivity index (χ1) is 7.51. The molecule has 0 radical (unpaired) electrons. The van der Waals surface area contributed by atoms with Gasteiger partial charge >= 0.3 is 5.97 Å². The number of carboxylic acids is 1. The highest BCUT2D eigenvalue weighted by atomic mass is 16.4. The van der Waals surface area contributed by atoms with Gasteiger partial charge in [0.1, 0.15) is 5.82 Å². The van der Waals surface area contributed by atoms with Crippen LogP contribution in [0.25, 0.3) is 0 Å². The highest BCUT2D eigenvalue weighted by Crippen LogP contribution is 2.30. The fraction of sp³-hybridized carbons (Fsp3) is 0.636. The molecule has 1 N–H and O–H groups in total. The van der Waals surface area contributed by atoms with Crippen LogP contribution in [-0.4, -0.2) is 38.6 Å². The average molecular weight is 223 g/mol. The lowest BCUT2D eigenvalue weighted by Gasteiger charge is -2.19. The second-order valence-electron chi connectivity index (χ2n) is 4.78. The Morgan fingerprint density at radius 1 is 1.69 bits per heavy atom. The van der Waals surface area contributed by atoms with E-state index in [1.165, 1.54) is 0 Å². The van der Waals surface area contributed by atoms with Crippen molar-refractivity contribution in [3.05, 3.63) is 18.2 Å². The third kappa shape index (κ3) is 1.95. The van der Waals surface area contributed by atoms with E-state index in [0.717, 1.165) is 18.9 Å². The normalized spacial score (nSPS) is 26.1. The predicted octanol–water partition coefficient (Wildman–Crippen LogP) is 0.717. The Kier molecular flexibility index (Phi) is 2.71. The van der Waals surface area contributed by atoms with Crippen LogP contribution in [0.3, 0.4) is 0 Å². The number of rotatable bonds is 3. The number of hydrogen-bond donors (Lipinski definition) is 1. The number of aliphatic carboxylic acids is 1. The van der Waals surface area contributed by atoms with Crippen LogP contribution in [0.15, 0.2) is 12.4 Å². The maximum Gasteiger partial charge on any atom is 0.310 e. The van der Waals surface area contributed by atoms with Crippen LogP contribution in [0.4, 0.5) is 0 Å². The Hall–Kier alpha value is -1.36. The standard InChI is InChI=1S/C11H17N3O2/c1-11(10(15)16)3-5-14(8-11)7-9-12-4-6-13(9)2/h4,6H,3,5,7-8H2,1-2H3,(H,15,16). The van der Waals surface area contributed by atoms with Crippen LogP contribution in [-0.2, 0) is 18.4 Å². The van der Waals surface area contributed by atoms with Crippen molar-refractivity contribution in [3.8, 4) is 0 Å². The molecule has 2 rings (SSSR count). The molecule has 1 aliphatic heterocycles. The SMILES string of the molecule is Cn1ccnc1CN1CCC(C)(C(=O)O)C1. The van der Waals surface area contributed by atoms with Crippen molar-refractivity contribution >= 4 is 5.97 Å². The number of aromatic nitrogens is 2. The fourth-order valence-corrected chi connectivity index (χ4v) is 2.11. The Bertz CT molecular complexity index is 402. The lowest BCUT2D eigenvalue weighted by atomic mass is 9.90. The largest absolute Gasteiger partial charge is 0.481 e. The van der Waals surface area contributed by atoms with Crippen LogP contribution < -0.4 is 0 Å². The van der Waals surface area contributed by atoms with Gasteiger partial charge in [0.15, 0.2) is 0 Å². The zero-order valence-corrected chi connectivity index (χ0v) is 9.68. The van der Waals surface area contributed by atoms with Crippen molar-refractivity contribution in [1.82, 2.24) is 14.5 Å². The van der Waals surface area contributed by atoms with Gasteiger partial charge in [0, 0.05) is 26.0 Å². The summed E-state index contributed by atoms with van der Waals surface area (Å²) in [7, 11) is 1.95. The van der Waals surface area contributed by atoms with Crippen LogP contribution in [0.1, 0.15) is 19.2 Å². The molecule has 0 aromatic carbocycles. The van der Waals surface area contributed by atoms with Gasteiger partial charge in [-0.05, 0) is 19.9 Å². The molecule has 88 valence electrons. The molecular weight excluding hydrogens is 206 g/mol. The first-order valence-corrected chi connectivity index (χ1v) is 5.43. The number of nitrogens with zero attached hydrogens (tertiary/aromatic N) is 3. The molecule has 0 saturated carbocycles. The number of hydrogen-bond acceptors (Lipinski definition) is 3. The summed E-state index contributed by atoms with van der Waals surface area (Å²) in [6, 6.07) is 0. The van der Waals surface area contributed by atoms with Crippen molar-refractivity contribution in [2.24, 2.45) is 12.5 Å². The quantitative estimate of drug-likeness (QED) is 0.820. The maximum atomic E-state index is 11.1. The third-order valence-corrected chi connectivity index (χ3v) is 3.35. The lowest BCUT2D eigenvalue weighted by molar-refractivity contribution is -0.147. The topological polar surface area (TPSA) is 58.4 Å². The maximum absolute atomic E-state index is 11.1. The number of aryl methyl sites for hydroxylation is 1. The molecule has 5 heteroatoms. The van der Waals surface area contributed by atoms with Gasteiger partial charge in [-0.25, -0.2) is 4.98 Å². The average Bonchev–Trinajstić information content (AvgIpc) is 2.77. The molecule has 1 aromatic rings. The molecule has 1 unspecified atom stereocenters. The summed E-state index contributed by atoms with van der Waals surface area (Å²) in [5, 5.41) is 9.12. The molecule has 1 aliphatic rings. The summed E-state index contributed by atoms with van der Waals surface area (Å²) in [6.07, 6.45) is 4.39. The Morgan fingerprint density at radius 2 is 2.44 bits per heavy atom. The van der Waals surface area contributed by atoms with E-state index in [4.69, 9.17) is 5.11 Å². The van der Waals surface area contributed by atoms with Crippen molar-refractivity contribution in [2.45, 2.75) is 19.9 Å². The van der Waals surface area contributed by atoms with E-state index in [0.29, 0.717) is 13.0 Å². The molecule has 0 bridgehead atoms. The van der Waals surface area contributed by atoms with Crippen LogP contribution in [0.2, 0.25) is 0 Å². The molecular formula is C11H17N3O2. The predicted molar refractivity (Wildman–Crippen MR) is 58.8 cm³/mol. The minimum absolute atomic E-state index is 0.592. The zero-order valence-electron chi connectivity index (χ0n) is 9.68. The Balaban J connectivity index is 2.00. The van der Waals surface area contributed by atoms with Crippen molar-refractivity contribution < 1.29 is 9.90 Å². The van der Waals surface area contributed by atoms with Crippen LogP contribution in [0.5, 0.6) is 0 Å². The zero-order chi connectivity index (χ0) is 11.8. The molecule has 0 amide bonds. The van der Waals surface area contributed by atoms with Gasteiger partial charge < -0.3 is 9.67 Å². The van der Waals surface area contributed by atoms with Gasteiger partial charge in [-0.1, -0.05) is 0 Å². The van der Waals surface area contributed by atoms with Gasteiger partial charge in [0.25, 0.3) is 0 Å². The first-order valence-electron chi connectivity index (χ1n) is 5.43. The van der Waals surface area contributed by atoms with Gasteiger partial charge in [0.2, 0.25) is 0 Å². The van der Waals surface area contributed by atoms with E-state index < -0.39 is 11.4 Å². The summed E-state index contributed by atoms with van der Waals surface area (Å²) in [5.41, 5.74) is -0.592. The van der Waals surface area contributed by atoms with Crippen molar-refractivity contribution in [3.63, 3.8) is 0 Å². The molecule has 1 fully saturated rings. The second-order valence-corrected chi connectivity index (χ2v) is 4.78. The smallest absolute Gasteiger partial charge is 0.310 e. The van der Waals surface area contributed by atoms with E-state index in [2.05, 4.69) is 9.88 Å². The number of carboxylic acid groups (broad SMARTS) is 1. The van der Waals surface area contributed by atoms with Crippen molar-refractivity contribution in [1.29, 1.82) is 0 Å². The minimum atomic E-state index is -0.699. The van der Waals surface area contributed by atoms with E-state index in [1.807, 2.05) is 24.7 Å². The first kappa shape index (κ1) is 11.1. The summed E-state index contributed by atoms with van der Waals surface area (Å²) in [5.74, 6) is 0.282. The number of likely N-dealkylation sites (tertiary alicyclic amines) is 1. The summed E-state index contributed by atoms with van der Waals surface area (Å²) in [4.78, 5) is 17.5. The molecule has 1 atom stereocenters. The van der Waals surface area contributed by atoms with E-state index in [1.54, 1.807) is 6.20 Å². The summed E-state index contributed by atoms with van der Waals surface area (Å²) >= 11 is 0. The molecule has 1 aromatic heterocycles. The minimum Gasteiger partial charge on any atom is -0.481 e. The van der Waals surface area contributed by atoms with Gasteiger partial charge in [-0.15, -0.1) is 0 Å². The highest BCUT2D eigenvalue weighted by Gasteiger charge is 2.40. The van der Waals surface area contributed by atoms with Gasteiger partial charge in [0.05, 0.1) is 12.0 Å². The Morgan fingerprint density at radius 3 is 2.94 bits per heavy atom. The second kappa shape index (κ2) is 3.90. The van der Waals surface area contributed by atoms with Crippen LogP contribution >= 0.6 is 0 Å². The summed E-state index contributed by atoms with van der Waals surface area (Å²) in [6.45, 7) is 3.98. The van der Waals surface area contributed by atoms with E-state index >= 15 is 0 Å². The number of carbonyl (C=O) groups is 1. The molecule has 5 nitrogen and oxygen atoms in total. The van der Waals surface area contributed by atoms with Crippen LogP contribution in [0, 0.1) is 5.41 Å². The van der Waals surface area contributed by atoms with E-state index in [-0.39, 0.29) is 0 Å². The molecule has 2 heterocycles. The third-order valence-electron chi connectivity index (χ3n) is 3.35. The summed E-state index contributed by atoms with van der Waals surface area (Å²) < 4.78 is 1.97. The van der Waals surface area contributed by atoms with Gasteiger partial charge in [-0.2, -0.15) is 0 Å². The highest BCUT2D eigenvalue weighted by molar-refractivity contribution is 5.74. The molecule has 0 aliphatic carbocycles. The molecule has 1 saturated heterocycles. The fourth-order valence-electron chi connectivity index (χ4n) is 2.11. The molecule has 0 spiro atoms. The van der Waals surface area contributed by atoms with E-state index in [9.17, 15) is 4.79 Å². The molecule has 16 heavy (non-hydrogen) atoms. The lowest BCUT2D eigenvalue weighted by Crippen LogP contribution is -2.31.